The molecule has 2 aromatic rings. The Morgan fingerprint density at radius 2 is 2.44 bits per heavy atom. The molecule has 0 saturated heterocycles. The van der Waals surface area contributed by atoms with Crippen LogP contribution in [0.25, 0.3) is 0 Å². The van der Waals surface area contributed by atoms with Crippen LogP contribution in [0.15, 0.2) is 26.6 Å². The molecule has 0 fully saturated rings. The highest BCUT2D eigenvalue weighted by atomic mass is 32.1. The van der Waals surface area contributed by atoms with Gasteiger partial charge in [-0.05, 0) is 22.4 Å². The van der Waals surface area contributed by atoms with Crippen LogP contribution in [0.2, 0.25) is 0 Å². The molecule has 4 N–H and O–H groups in total. The van der Waals surface area contributed by atoms with Crippen LogP contribution in [-0.2, 0) is 13.0 Å². The number of nitrogens with one attached hydrogen (secondary N) is 2. The molecule has 0 amide bonds. The largest absolute Gasteiger partial charge is 0.369 e. The first kappa shape index (κ1) is 11.0. The number of aliphatic imine (C=N–C) groups is 1. The Kier molecular flexibility index (Phi) is 2.60. The SMILES string of the molecule is Nc1nc2c(c(=O)[nH]1)NC(=NCc1ccsc1)C2. The Bertz CT molecular complexity index is 659. The van der Waals surface area contributed by atoms with Crippen LogP contribution in [0.4, 0.5) is 11.6 Å². The molecule has 0 spiro atoms. The molecule has 0 saturated carbocycles. The minimum atomic E-state index is -0.252. The van der Waals surface area contributed by atoms with Gasteiger partial charge in [0.1, 0.15) is 11.5 Å². The summed E-state index contributed by atoms with van der Waals surface area (Å²) >= 11 is 1.64. The van der Waals surface area contributed by atoms with Gasteiger partial charge in [-0.15, -0.1) is 0 Å². The summed E-state index contributed by atoms with van der Waals surface area (Å²) in [5.74, 6) is 0.888. The molecule has 0 unspecified atom stereocenters. The van der Waals surface area contributed by atoms with Crippen molar-refractivity contribution in [2.75, 3.05) is 11.1 Å². The highest BCUT2D eigenvalue weighted by molar-refractivity contribution is 7.07. The maximum Gasteiger partial charge on any atom is 0.276 e. The predicted octanol–water partition coefficient (Wildman–Crippen LogP) is 0.980. The van der Waals surface area contributed by atoms with Gasteiger partial charge >= 0.3 is 0 Å². The summed E-state index contributed by atoms with van der Waals surface area (Å²) in [6.45, 7) is 0.604. The average molecular weight is 261 g/mol. The van der Waals surface area contributed by atoms with E-state index < -0.39 is 0 Å². The number of aromatic amines is 1. The molecular formula is C11H11N5OS. The van der Waals surface area contributed by atoms with Crippen molar-refractivity contribution in [3.05, 3.63) is 38.4 Å². The number of H-pyrrole nitrogens is 1. The van der Waals surface area contributed by atoms with E-state index in [1.165, 1.54) is 0 Å². The van der Waals surface area contributed by atoms with E-state index in [1.807, 2.05) is 11.4 Å². The van der Waals surface area contributed by atoms with E-state index in [0.29, 0.717) is 24.3 Å². The van der Waals surface area contributed by atoms with Gasteiger partial charge in [0.15, 0.2) is 0 Å². The normalized spacial score (nSPS) is 15.7. The number of amidine groups is 1. The molecule has 0 aliphatic carbocycles. The summed E-state index contributed by atoms with van der Waals surface area (Å²) in [7, 11) is 0. The summed E-state index contributed by atoms with van der Waals surface area (Å²) in [4.78, 5) is 22.6. The molecule has 6 nitrogen and oxygen atoms in total. The zero-order valence-electron chi connectivity index (χ0n) is 9.43. The standard InChI is InChI=1S/C11H11N5OS/c12-11-14-7-3-8(15-9(7)10(17)16-11)13-4-6-1-2-18-5-6/h1-2,5H,3-4H2,(H,13,15)(H3,12,14,16,17). The van der Waals surface area contributed by atoms with Gasteiger partial charge in [0.25, 0.3) is 5.56 Å². The van der Waals surface area contributed by atoms with E-state index in [0.717, 1.165) is 11.4 Å². The van der Waals surface area contributed by atoms with Crippen molar-refractivity contribution in [2.45, 2.75) is 13.0 Å². The van der Waals surface area contributed by atoms with Crippen molar-refractivity contribution < 1.29 is 0 Å². The molecule has 0 aromatic carbocycles. The van der Waals surface area contributed by atoms with Crippen molar-refractivity contribution in [2.24, 2.45) is 4.99 Å². The van der Waals surface area contributed by atoms with Crippen molar-refractivity contribution in [3.8, 4) is 0 Å². The second kappa shape index (κ2) is 4.26. The van der Waals surface area contributed by atoms with Gasteiger partial charge in [0.2, 0.25) is 5.95 Å². The molecule has 0 bridgehead atoms. The molecule has 0 radical (unpaired) electrons. The molecule has 92 valence electrons. The Hall–Kier alpha value is -2.15. The zero-order chi connectivity index (χ0) is 12.5. The van der Waals surface area contributed by atoms with Crippen molar-refractivity contribution in [1.29, 1.82) is 0 Å². The fourth-order valence-electron chi connectivity index (χ4n) is 1.81. The first-order valence-corrected chi connectivity index (χ1v) is 6.37. The smallest absolute Gasteiger partial charge is 0.276 e. The van der Waals surface area contributed by atoms with Crippen molar-refractivity contribution in [1.82, 2.24) is 9.97 Å². The number of hydrogen-bond donors (Lipinski definition) is 3. The molecular weight excluding hydrogens is 250 g/mol. The third kappa shape index (κ3) is 2.00. The maximum absolute atomic E-state index is 11.6. The monoisotopic (exact) mass is 261 g/mol. The zero-order valence-corrected chi connectivity index (χ0v) is 10.3. The first-order chi connectivity index (χ1) is 8.72. The van der Waals surface area contributed by atoms with E-state index in [-0.39, 0.29) is 11.5 Å². The lowest BCUT2D eigenvalue weighted by molar-refractivity contribution is 1.05. The van der Waals surface area contributed by atoms with Gasteiger partial charge in [-0.25, -0.2) is 4.98 Å². The highest BCUT2D eigenvalue weighted by Gasteiger charge is 2.21. The van der Waals surface area contributed by atoms with E-state index in [9.17, 15) is 4.79 Å². The maximum atomic E-state index is 11.6. The predicted molar refractivity (Wildman–Crippen MR) is 72.1 cm³/mol. The minimum Gasteiger partial charge on any atom is -0.369 e. The Balaban J connectivity index is 1.82. The second-order valence-corrected chi connectivity index (χ2v) is 4.75. The molecule has 0 atom stereocenters. The number of aromatic nitrogens is 2. The molecule has 1 aliphatic heterocycles. The van der Waals surface area contributed by atoms with Crippen LogP contribution in [-0.4, -0.2) is 15.8 Å². The summed E-state index contributed by atoms with van der Waals surface area (Å²) in [5, 5.41) is 7.05. The van der Waals surface area contributed by atoms with E-state index >= 15 is 0 Å². The van der Waals surface area contributed by atoms with E-state index in [2.05, 4.69) is 25.7 Å². The average Bonchev–Trinajstić information content (AvgIpc) is 2.93. The number of nitrogens with two attached hydrogens (primary N) is 1. The number of thiophene rings is 1. The number of rotatable bonds is 2. The van der Waals surface area contributed by atoms with Gasteiger partial charge < -0.3 is 11.1 Å². The molecule has 2 aromatic heterocycles. The van der Waals surface area contributed by atoms with Gasteiger partial charge in [-0.3, -0.25) is 14.8 Å². The number of hydrogen-bond acceptors (Lipinski definition) is 5. The highest BCUT2D eigenvalue weighted by Crippen LogP contribution is 2.17. The summed E-state index contributed by atoms with van der Waals surface area (Å²) in [6.07, 6.45) is 0.521. The minimum absolute atomic E-state index is 0.139. The van der Waals surface area contributed by atoms with Crippen LogP contribution < -0.4 is 16.6 Å². The number of nitrogens with zero attached hydrogens (tertiary/aromatic N) is 2. The third-order valence-electron chi connectivity index (χ3n) is 2.65. The van der Waals surface area contributed by atoms with Crippen LogP contribution in [0.5, 0.6) is 0 Å². The second-order valence-electron chi connectivity index (χ2n) is 3.97. The molecule has 3 heterocycles. The summed E-state index contributed by atoms with van der Waals surface area (Å²) in [5.41, 5.74) is 7.51. The lowest BCUT2D eigenvalue weighted by Crippen LogP contribution is -2.16. The van der Waals surface area contributed by atoms with Crippen molar-refractivity contribution >= 4 is 28.8 Å². The van der Waals surface area contributed by atoms with Crippen LogP contribution in [0.3, 0.4) is 0 Å². The Labute approximate surface area is 107 Å². The Morgan fingerprint density at radius 3 is 3.22 bits per heavy atom. The quantitative estimate of drug-likeness (QED) is 0.750. The van der Waals surface area contributed by atoms with Crippen LogP contribution in [0.1, 0.15) is 11.3 Å². The van der Waals surface area contributed by atoms with Gasteiger partial charge in [0.05, 0.1) is 18.7 Å². The molecule has 1 aliphatic rings. The lowest BCUT2D eigenvalue weighted by Gasteiger charge is -1.98. The van der Waals surface area contributed by atoms with Crippen LogP contribution >= 0.6 is 11.3 Å². The molecule has 18 heavy (non-hydrogen) atoms. The van der Waals surface area contributed by atoms with Crippen LogP contribution in [0, 0.1) is 0 Å². The van der Waals surface area contributed by atoms with Gasteiger partial charge in [-0.2, -0.15) is 11.3 Å². The number of anilines is 2. The topological polar surface area (TPSA) is 96.2 Å². The van der Waals surface area contributed by atoms with E-state index in [4.69, 9.17) is 5.73 Å². The number of nitrogen functional groups attached to an aromatic ring is 1. The number of fused-ring (bicyclic) bond motifs is 1. The lowest BCUT2D eigenvalue weighted by atomic mass is 10.3. The Morgan fingerprint density at radius 1 is 1.56 bits per heavy atom. The fourth-order valence-corrected chi connectivity index (χ4v) is 2.47. The van der Waals surface area contributed by atoms with Crippen molar-refractivity contribution in [3.63, 3.8) is 0 Å². The summed E-state index contributed by atoms with van der Waals surface area (Å²) < 4.78 is 0. The van der Waals surface area contributed by atoms with Gasteiger partial charge in [0, 0.05) is 0 Å². The fraction of sp³-hybridized carbons (Fsp3) is 0.182. The first-order valence-electron chi connectivity index (χ1n) is 5.42. The molecule has 7 heteroatoms. The van der Waals surface area contributed by atoms with E-state index in [1.54, 1.807) is 11.3 Å². The summed E-state index contributed by atoms with van der Waals surface area (Å²) in [6, 6.07) is 2.03. The molecule has 3 rings (SSSR count). The van der Waals surface area contributed by atoms with Gasteiger partial charge in [-0.1, -0.05) is 0 Å². The third-order valence-corrected chi connectivity index (χ3v) is 3.38.